The maximum Gasteiger partial charge on any atom is 0.410 e. The summed E-state index contributed by atoms with van der Waals surface area (Å²) in [7, 11) is -1.40. The van der Waals surface area contributed by atoms with E-state index in [9.17, 15) is 4.79 Å². The molecule has 0 unspecified atom stereocenters. The Morgan fingerprint density at radius 2 is 2.21 bits per heavy atom. The van der Waals surface area contributed by atoms with Crippen molar-refractivity contribution in [2.24, 2.45) is 0 Å². The summed E-state index contributed by atoms with van der Waals surface area (Å²) in [6.07, 6.45) is 4.13. The molecule has 1 aromatic heterocycles. The number of H-pyrrole nitrogens is 1. The summed E-state index contributed by atoms with van der Waals surface area (Å²) < 4.78 is 5.51. The molecule has 1 amide bonds. The lowest BCUT2D eigenvalue weighted by Gasteiger charge is -2.28. The minimum absolute atomic E-state index is 0.0338. The molecule has 106 valence electrons. The number of hydrogen-bond donors (Lipinski definition) is 1. The van der Waals surface area contributed by atoms with Gasteiger partial charge in [-0.15, -0.1) is 0 Å². The molecule has 0 saturated carbocycles. The number of carbonyl (C=O) groups excluding carboxylic acids is 1. The second-order valence-corrected chi connectivity index (χ2v) is 12.0. The van der Waals surface area contributed by atoms with Crippen molar-refractivity contribution in [3.63, 3.8) is 0 Å². The summed E-state index contributed by atoms with van der Waals surface area (Å²) in [5.74, 6) is 0.865. The van der Waals surface area contributed by atoms with Gasteiger partial charge in [0, 0.05) is 18.6 Å². The summed E-state index contributed by atoms with van der Waals surface area (Å²) in [4.78, 5) is 21.6. The number of carbonyl (C=O) groups is 1. The van der Waals surface area contributed by atoms with Crippen LogP contribution in [0.5, 0.6) is 0 Å². The van der Waals surface area contributed by atoms with E-state index >= 15 is 0 Å². The van der Waals surface area contributed by atoms with Crippen LogP contribution in [0.4, 0.5) is 4.79 Å². The summed E-state index contributed by atoms with van der Waals surface area (Å²) in [6.45, 7) is 10.3. The zero-order valence-electron chi connectivity index (χ0n) is 12.4. The van der Waals surface area contributed by atoms with Crippen molar-refractivity contribution >= 4 is 14.2 Å². The Morgan fingerprint density at radius 3 is 2.74 bits per heavy atom. The highest BCUT2D eigenvalue weighted by Crippen LogP contribution is 2.37. The van der Waals surface area contributed by atoms with Gasteiger partial charge in [0.05, 0.1) is 14.1 Å². The molecule has 0 aromatic carbocycles. The minimum atomic E-state index is -1.40. The van der Waals surface area contributed by atoms with Crippen molar-refractivity contribution in [3.05, 3.63) is 18.2 Å². The maximum absolute atomic E-state index is 12.3. The Hall–Kier alpha value is -1.30. The van der Waals surface area contributed by atoms with Crippen LogP contribution in [-0.4, -0.2) is 40.8 Å². The third kappa shape index (κ3) is 3.37. The molecule has 1 atom stereocenters. The van der Waals surface area contributed by atoms with Gasteiger partial charge in [-0.2, -0.15) is 0 Å². The van der Waals surface area contributed by atoms with Gasteiger partial charge in [0.15, 0.2) is 0 Å². The van der Waals surface area contributed by atoms with E-state index < -0.39 is 13.7 Å². The molecule has 2 heterocycles. The first-order valence-corrected chi connectivity index (χ1v) is 10.1. The van der Waals surface area contributed by atoms with Crippen molar-refractivity contribution in [2.75, 3.05) is 6.17 Å². The lowest BCUT2D eigenvalue weighted by Crippen LogP contribution is -2.39. The third-order valence-corrected chi connectivity index (χ3v) is 5.87. The molecule has 0 aliphatic carbocycles. The van der Waals surface area contributed by atoms with Crippen LogP contribution >= 0.6 is 0 Å². The SMILES string of the molecule is CC(C)(C)OC(=O)N1C[Si](C)(C)C[C@H]1c1ncc[nH]1. The highest BCUT2D eigenvalue weighted by Gasteiger charge is 2.44. The molecule has 1 N–H and O–H groups in total. The highest BCUT2D eigenvalue weighted by atomic mass is 28.3. The maximum atomic E-state index is 12.3. The molecule has 1 fully saturated rings. The van der Waals surface area contributed by atoms with E-state index in [0.29, 0.717) is 0 Å². The first-order valence-electron chi connectivity index (χ1n) is 6.67. The van der Waals surface area contributed by atoms with Gasteiger partial charge in [-0.25, -0.2) is 9.78 Å². The molecular weight excluding hydrogens is 258 g/mol. The number of ether oxygens (including phenoxy) is 1. The van der Waals surface area contributed by atoms with Crippen LogP contribution in [0.2, 0.25) is 19.1 Å². The zero-order chi connectivity index (χ0) is 14.3. The summed E-state index contributed by atoms with van der Waals surface area (Å²) in [5, 5.41) is 0. The van der Waals surface area contributed by atoms with E-state index in [4.69, 9.17) is 4.74 Å². The average molecular weight is 281 g/mol. The van der Waals surface area contributed by atoms with E-state index in [1.54, 1.807) is 12.4 Å². The van der Waals surface area contributed by atoms with Gasteiger partial charge in [0.1, 0.15) is 11.4 Å². The van der Waals surface area contributed by atoms with E-state index in [2.05, 4.69) is 23.1 Å². The van der Waals surface area contributed by atoms with Gasteiger partial charge in [-0.05, 0) is 26.8 Å². The second-order valence-electron chi connectivity index (χ2n) is 6.97. The predicted octanol–water partition coefficient (Wildman–Crippen LogP) is 2.95. The minimum Gasteiger partial charge on any atom is -0.444 e. The van der Waals surface area contributed by atoms with E-state index in [1.165, 1.54) is 0 Å². The lowest BCUT2D eigenvalue weighted by atomic mass is 10.2. The van der Waals surface area contributed by atoms with Crippen molar-refractivity contribution in [1.29, 1.82) is 0 Å². The molecule has 1 saturated heterocycles. The molecule has 0 bridgehead atoms. The van der Waals surface area contributed by atoms with Crippen molar-refractivity contribution in [1.82, 2.24) is 14.9 Å². The second kappa shape index (κ2) is 4.66. The number of rotatable bonds is 1. The Morgan fingerprint density at radius 1 is 1.53 bits per heavy atom. The number of hydrogen-bond acceptors (Lipinski definition) is 3. The number of aromatic nitrogens is 2. The number of nitrogens with one attached hydrogen (secondary N) is 1. The van der Waals surface area contributed by atoms with Crippen molar-refractivity contribution in [2.45, 2.75) is 51.6 Å². The normalized spacial score (nSPS) is 22.6. The Labute approximate surface area is 115 Å². The first kappa shape index (κ1) is 14.1. The summed E-state index contributed by atoms with van der Waals surface area (Å²) in [5.41, 5.74) is -0.459. The van der Waals surface area contributed by atoms with Crippen LogP contribution in [0.3, 0.4) is 0 Å². The number of nitrogens with zero attached hydrogens (tertiary/aromatic N) is 2. The number of aromatic amines is 1. The fourth-order valence-corrected chi connectivity index (χ4v) is 5.35. The van der Waals surface area contributed by atoms with Crippen LogP contribution in [0.1, 0.15) is 32.6 Å². The Bertz CT molecular complexity index is 451. The molecule has 1 aliphatic rings. The summed E-state index contributed by atoms with van der Waals surface area (Å²) in [6, 6.07) is 1.06. The first-order chi connectivity index (χ1) is 8.68. The molecule has 1 aromatic rings. The van der Waals surface area contributed by atoms with Gasteiger partial charge in [-0.1, -0.05) is 13.1 Å². The van der Waals surface area contributed by atoms with Gasteiger partial charge < -0.3 is 14.6 Å². The highest BCUT2D eigenvalue weighted by molar-refractivity contribution is 6.78. The Kier molecular flexibility index (Phi) is 3.47. The smallest absolute Gasteiger partial charge is 0.410 e. The summed E-state index contributed by atoms with van der Waals surface area (Å²) >= 11 is 0. The van der Waals surface area contributed by atoms with Crippen LogP contribution in [0.15, 0.2) is 12.4 Å². The van der Waals surface area contributed by atoms with E-state index in [1.807, 2.05) is 25.7 Å². The van der Waals surface area contributed by atoms with Crippen molar-refractivity contribution < 1.29 is 9.53 Å². The van der Waals surface area contributed by atoms with Gasteiger partial charge >= 0.3 is 6.09 Å². The molecule has 1 aliphatic heterocycles. The molecule has 19 heavy (non-hydrogen) atoms. The van der Waals surface area contributed by atoms with Crippen LogP contribution in [0.25, 0.3) is 0 Å². The molecule has 6 heteroatoms. The predicted molar refractivity (Wildman–Crippen MR) is 76.6 cm³/mol. The molecule has 2 rings (SSSR count). The standard InChI is InChI=1S/C13H23N3O2Si/c1-13(2,3)18-12(17)16-9-19(4,5)8-10(16)11-14-6-7-15-11/h6-7,10H,8-9H2,1-5H3,(H,14,15)/t10-/m0/s1. The fraction of sp³-hybridized carbons (Fsp3) is 0.692. The van der Waals surface area contributed by atoms with Crippen LogP contribution in [0, 0.1) is 0 Å². The molecular formula is C13H23N3O2Si. The number of imidazole rings is 1. The monoisotopic (exact) mass is 281 g/mol. The topological polar surface area (TPSA) is 58.2 Å². The Balaban J connectivity index is 2.19. The van der Waals surface area contributed by atoms with Crippen molar-refractivity contribution in [3.8, 4) is 0 Å². The third-order valence-electron chi connectivity index (χ3n) is 3.18. The van der Waals surface area contributed by atoms with Crippen LogP contribution in [-0.2, 0) is 4.74 Å². The molecule has 0 radical (unpaired) electrons. The largest absolute Gasteiger partial charge is 0.444 e. The quantitative estimate of drug-likeness (QED) is 0.805. The zero-order valence-corrected chi connectivity index (χ0v) is 13.4. The van der Waals surface area contributed by atoms with E-state index in [0.717, 1.165) is 18.0 Å². The van der Waals surface area contributed by atoms with Gasteiger partial charge in [-0.3, -0.25) is 0 Å². The van der Waals surface area contributed by atoms with Gasteiger partial charge in [0.2, 0.25) is 0 Å². The molecule has 5 nitrogen and oxygen atoms in total. The average Bonchev–Trinajstić information content (AvgIpc) is 2.81. The van der Waals surface area contributed by atoms with Crippen LogP contribution < -0.4 is 0 Å². The lowest BCUT2D eigenvalue weighted by molar-refractivity contribution is 0.0229. The van der Waals surface area contributed by atoms with E-state index in [-0.39, 0.29) is 12.1 Å². The number of amides is 1. The van der Waals surface area contributed by atoms with Gasteiger partial charge in [0.25, 0.3) is 0 Å². The fourth-order valence-electron chi connectivity index (χ4n) is 2.49. The molecule has 0 spiro atoms.